The van der Waals surface area contributed by atoms with Gasteiger partial charge < -0.3 is 5.11 Å². The molecule has 0 spiro atoms. The first-order chi connectivity index (χ1) is 11.0. The number of hydrogen-bond donors (Lipinski definition) is 1. The van der Waals surface area contributed by atoms with E-state index in [2.05, 4.69) is 4.99 Å². The quantitative estimate of drug-likeness (QED) is 0.498. The molecule has 0 radical (unpaired) electrons. The highest BCUT2D eigenvalue weighted by Gasteiger charge is 2.12. The van der Waals surface area contributed by atoms with Crippen molar-refractivity contribution < 1.29 is 15.0 Å². The number of non-ortho nitro benzene ring substituents is 2. The van der Waals surface area contributed by atoms with Crippen molar-refractivity contribution in [2.24, 2.45) is 4.99 Å². The van der Waals surface area contributed by atoms with Crippen molar-refractivity contribution in [2.45, 2.75) is 0 Å². The molecule has 0 atom stereocenters. The van der Waals surface area contributed by atoms with Crippen molar-refractivity contribution in [3.05, 3.63) is 79.9 Å². The van der Waals surface area contributed by atoms with Gasteiger partial charge in [0.25, 0.3) is 11.4 Å². The third kappa shape index (κ3) is 3.95. The van der Waals surface area contributed by atoms with Crippen LogP contribution in [0.25, 0.3) is 0 Å². The number of benzene rings is 2. The van der Waals surface area contributed by atoms with Crippen LogP contribution in [-0.2, 0) is 0 Å². The van der Waals surface area contributed by atoms with Crippen LogP contribution in [0.1, 0.15) is 11.1 Å². The summed E-state index contributed by atoms with van der Waals surface area (Å²) in [5.41, 5.74) is 1.66. The van der Waals surface area contributed by atoms with E-state index in [1.165, 1.54) is 24.3 Å². The van der Waals surface area contributed by atoms with Crippen LogP contribution in [0.3, 0.4) is 0 Å². The molecular weight excluding hydrogens is 302 g/mol. The minimum absolute atomic E-state index is 0.0426. The van der Waals surface area contributed by atoms with Crippen molar-refractivity contribution in [3.8, 4) is 0 Å². The summed E-state index contributed by atoms with van der Waals surface area (Å²) < 4.78 is 0. The van der Waals surface area contributed by atoms with Crippen LogP contribution in [0.2, 0.25) is 0 Å². The standard InChI is InChI=1S/C15H13N3O5/c19-10-9-16-15(11-1-5-13(6-2-11)17(20)21)12-3-7-14(8-4-12)18(22)23/h1-8,19H,9-10H2. The van der Waals surface area contributed by atoms with Crippen LogP contribution in [-0.4, -0.2) is 33.8 Å². The van der Waals surface area contributed by atoms with Crippen LogP contribution < -0.4 is 0 Å². The molecule has 0 aliphatic carbocycles. The highest BCUT2D eigenvalue weighted by atomic mass is 16.6. The van der Waals surface area contributed by atoms with Crippen molar-refractivity contribution in [2.75, 3.05) is 13.2 Å². The van der Waals surface area contributed by atoms with E-state index >= 15 is 0 Å². The molecule has 0 aromatic heterocycles. The summed E-state index contributed by atoms with van der Waals surface area (Å²) in [6, 6.07) is 11.6. The Morgan fingerprint density at radius 3 is 1.57 bits per heavy atom. The van der Waals surface area contributed by atoms with Crippen LogP contribution in [0.15, 0.2) is 53.5 Å². The molecular formula is C15H13N3O5. The van der Waals surface area contributed by atoms with Crippen molar-refractivity contribution in [1.82, 2.24) is 0 Å². The minimum atomic E-state index is -0.500. The predicted molar refractivity (Wildman–Crippen MR) is 83.8 cm³/mol. The SMILES string of the molecule is O=[N+]([O-])c1ccc(C(=NCCO)c2ccc([N+](=O)[O-])cc2)cc1. The second kappa shape index (κ2) is 7.23. The van der Waals surface area contributed by atoms with Gasteiger partial charge in [-0.05, 0) is 24.3 Å². The number of aliphatic imine (C=N–C) groups is 1. The number of nitro benzene ring substituents is 2. The van der Waals surface area contributed by atoms with Crippen LogP contribution in [0, 0.1) is 20.2 Å². The summed E-state index contributed by atoms with van der Waals surface area (Å²) in [4.78, 5) is 24.7. The van der Waals surface area contributed by atoms with Gasteiger partial charge in [-0.15, -0.1) is 0 Å². The molecule has 0 saturated carbocycles. The molecule has 0 saturated heterocycles. The molecule has 8 heteroatoms. The average Bonchev–Trinajstić information content (AvgIpc) is 2.56. The highest BCUT2D eigenvalue weighted by molar-refractivity contribution is 6.13. The van der Waals surface area contributed by atoms with E-state index in [1.807, 2.05) is 0 Å². The molecule has 0 heterocycles. The van der Waals surface area contributed by atoms with Crippen LogP contribution >= 0.6 is 0 Å². The molecule has 0 aliphatic heterocycles. The molecule has 0 fully saturated rings. The van der Waals surface area contributed by atoms with Gasteiger partial charge in [0, 0.05) is 35.4 Å². The molecule has 118 valence electrons. The van der Waals surface area contributed by atoms with Crippen molar-refractivity contribution in [1.29, 1.82) is 0 Å². The third-order valence-electron chi connectivity index (χ3n) is 3.07. The topological polar surface area (TPSA) is 119 Å². The lowest BCUT2D eigenvalue weighted by molar-refractivity contribution is -0.385. The van der Waals surface area contributed by atoms with Gasteiger partial charge in [0.2, 0.25) is 0 Å². The Hall–Kier alpha value is -3.13. The Balaban J connectivity index is 2.40. The highest BCUT2D eigenvalue weighted by Crippen LogP contribution is 2.18. The Labute approximate surface area is 131 Å². The van der Waals surface area contributed by atoms with Gasteiger partial charge in [0.1, 0.15) is 0 Å². The number of aliphatic hydroxyl groups excluding tert-OH is 1. The molecule has 0 unspecified atom stereocenters. The lowest BCUT2D eigenvalue weighted by Crippen LogP contribution is -2.06. The fourth-order valence-corrected chi connectivity index (χ4v) is 1.99. The molecule has 0 bridgehead atoms. The maximum atomic E-state index is 10.7. The second-order valence-corrected chi connectivity index (χ2v) is 4.56. The lowest BCUT2D eigenvalue weighted by atomic mass is 10.0. The molecule has 2 aromatic rings. The number of nitrogens with zero attached hydrogens (tertiary/aromatic N) is 3. The second-order valence-electron chi connectivity index (χ2n) is 4.56. The van der Waals surface area contributed by atoms with Gasteiger partial charge in [-0.2, -0.15) is 0 Å². The molecule has 0 amide bonds. The summed E-state index contributed by atoms with van der Waals surface area (Å²) in [7, 11) is 0. The first kappa shape index (κ1) is 16.2. The smallest absolute Gasteiger partial charge is 0.269 e. The zero-order chi connectivity index (χ0) is 16.8. The maximum Gasteiger partial charge on any atom is 0.269 e. The van der Waals surface area contributed by atoms with Gasteiger partial charge in [0.05, 0.1) is 28.7 Å². The zero-order valence-corrected chi connectivity index (χ0v) is 12.0. The van der Waals surface area contributed by atoms with Gasteiger partial charge in [-0.1, -0.05) is 0 Å². The van der Waals surface area contributed by atoms with E-state index in [0.29, 0.717) is 16.8 Å². The van der Waals surface area contributed by atoms with E-state index in [-0.39, 0.29) is 24.5 Å². The Kier molecular flexibility index (Phi) is 5.11. The maximum absolute atomic E-state index is 10.7. The lowest BCUT2D eigenvalue weighted by Gasteiger charge is -2.07. The first-order valence-electron chi connectivity index (χ1n) is 6.68. The van der Waals surface area contributed by atoms with E-state index in [4.69, 9.17) is 5.11 Å². The van der Waals surface area contributed by atoms with Gasteiger partial charge in [-0.3, -0.25) is 25.2 Å². The molecule has 23 heavy (non-hydrogen) atoms. The summed E-state index contributed by atoms with van der Waals surface area (Å²) in [6.45, 7) is 0.00672. The Morgan fingerprint density at radius 2 is 1.26 bits per heavy atom. The van der Waals surface area contributed by atoms with Crippen LogP contribution in [0.5, 0.6) is 0 Å². The largest absolute Gasteiger partial charge is 0.394 e. The van der Waals surface area contributed by atoms with E-state index in [0.717, 1.165) is 0 Å². The Bertz CT molecular complexity index is 679. The van der Waals surface area contributed by atoms with Gasteiger partial charge in [0.15, 0.2) is 0 Å². The van der Waals surface area contributed by atoms with Crippen molar-refractivity contribution in [3.63, 3.8) is 0 Å². The summed E-state index contributed by atoms with van der Waals surface area (Å²) in [6.07, 6.45) is 0. The summed E-state index contributed by atoms with van der Waals surface area (Å²) in [5.74, 6) is 0. The fourth-order valence-electron chi connectivity index (χ4n) is 1.99. The van der Waals surface area contributed by atoms with E-state index in [1.54, 1.807) is 24.3 Å². The van der Waals surface area contributed by atoms with Crippen LogP contribution in [0.4, 0.5) is 11.4 Å². The number of nitro groups is 2. The monoisotopic (exact) mass is 315 g/mol. The zero-order valence-electron chi connectivity index (χ0n) is 12.0. The Morgan fingerprint density at radius 1 is 0.870 bits per heavy atom. The molecule has 8 nitrogen and oxygen atoms in total. The van der Waals surface area contributed by atoms with Gasteiger partial charge >= 0.3 is 0 Å². The number of hydrogen-bond acceptors (Lipinski definition) is 6. The normalized spacial score (nSPS) is 10.1. The third-order valence-corrected chi connectivity index (χ3v) is 3.07. The fraction of sp³-hybridized carbons (Fsp3) is 0.133. The number of rotatable bonds is 6. The molecule has 2 aromatic carbocycles. The first-order valence-corrected chi connectivity index (χ1v) is 6.68. The van der Waals surface area contributed by atoms with Gasteiger partial charge in [-0.25, -0.2) is 0 Å². The van der Waals surface area contributed by atoms with E-state index in [9.17, 15) is 20.2 Å². The van der Waals surface area contributed by atoms with E-state index < -0.39 is 9.85 Å². The van der Waals surface area contributed by atoms with Crippen molar-refractivity contribution >= 4 is 17.1 Å². The number of aliphatic hydroxyl groups is 1. The average molecular weight is 315 g/mol. The predicted octanol–water partition coefficient (Wildman–Crippen LogP) is 2.33. The summed E-state index contributed by atoms with van der Waals surface area (Å²) in [5, 5.41) is 30.4. The minimum Gasteiger partial charge on any atom is -0.394 e. The molecule has 2 rings (SSSR count). The molecule has 0 aliphatic rings. The summed E-state index contributed by atoms with van der Waals surface area (Å²) >= 11 is 0. The molecule has 1 N–H and O–H groups in total.